The van der Waals surface area contributed by atoms with Crippen molar-refractivity contribution in [2.45, 2.75) is 61.3 Å². The van der Waals surface area contributed by atoms with E-state index in [1.807, 2.05) is 0 Å². The first-order chi connectivity index (χ1) is 6.11. The third-order valence-electron chi connectivity index (χ3n) is 3.63. The minimum atomic E-state index is 0.486. The van der Waals surface area contributed by atoms with E-state index in [4.69, 9.17) is 0 Å². The lowest BCUT2D eigenvalue weighted by Gasteiger charge is -2.36. The predicted molar refractivity (Wildman–Crippen MR) is 64.3 cm³/mol. The second-order valence-electron chi connectivity index (χ2n) is 7.61. The van der Waals surface area contributed by atoms with Crippen LogP contribution in [0.15, 0.2) is 0 Å². The van der Waals surface area contributed by atoms with Crippen molar-refractivity contribution in [2.75, 3.05) is 0 Å². The fourth-order valence-electron chi connectivity index (χ4n) is 2.67. The second kappa shape index (κ2) is 3.54. The molecule has 84 valence electrons. The van der Waals surface area contributed by atoms with Crippen molar-refractivity contribution in [3.05, 3.63) is 0 Å². The van der Waals surface area contributed by atoms with Crippen LogP contribution in [0, 0.1) is 28.6 Å². The number of hydrogen-bond acceptors (Lipinski definition) is 0. The highest BCUT2D eigenvalue weighted by Gasteiger charge is 2.45. The Balaban J connectivity index is 2.64. The first-order valence-corrected chi connectivity index (χ1v) is 6.11. The molecule has 0 aromatic carbocycles. The molecule has 0 heteroatoms. The van der Waals surface area contributed by atoms with E-state index in [1.54, 1.807) is 0 Å². The smallest absolute Gasteiger partial charge is 0.0329 e. The molecule has 1 aliphatic carbocycles. The lowest BCUT2D eigenvalue weighted by atomic mass is 9.69. The normalized spacial score (nSPS) is 30.2. The van der Waals surface area contributed by atoms with Gasteiger partial charge in [0.1, 0.15) is 0 Å². The Labute approximate surface area is 90.5 Å². The molecule has 0 N–H and O–H groups in total. The van der Waals surface area contributed by atoms with Crippen molar-refractivity contribution in [3.63, 3.8) is 0 Å². The van der Waals surface area contributed by atoms with Crippen LogP contribution in [0.4, 0.5) is 0 Å². The van der Waals surface area contributed by atoms with Crippen molar-refractivity contribution in [1.82, 2.24) is 0 Å². The first-order valence-electron chi connectivity index (χ1n) is 6.11. The van der Waals surface area contributed by atoms with Crippen molar-refractivity contribution in [1.29, 1.82) is 0 Å². The molecule has 3 atom stereocenters. The van der Waals surface area contributed by atoms with Crippen LogP contribution < -0.4 is 0 Å². The van der Waals surface area contributed by atoms with Gasteiger partial charge >= 0.3 is 0 Å². The molecule has 0 aliphatic heterocycles. The van der Waals surface area contributed by atoms with E-state index in [2.05, 4.69) is 48.5 Å². The van der Waals surface area contributed by atoms with Crippen LogP contribution in [0.5, 0.6) is 0 Å². The minimum absolute atomic E-state index is 0.486. The lowest BCUT2D eigenvalue weighted by molar-refractivity contribution is 0.138. The molecule has 0 aromatic heterocycles. The monoisotopic (exact) mass is 196 g/mol. The van der Waals surface area contributed by atoms with Crippen molar-refractivity contribution in [2.24, 2.45) is 28.6 Å². The largest absolute Gasteiger partial charge is 0.0622 e. The van der Waals surface area contributed by atoms with E-state index in [9.17, 15) is 0 Å². The highest BCUT2D eigenvalue weighted by atomic mass is 14.5. The molecule has 0 bridgehead atoms. The number of hydrogen-bond donors (Lipinski definition) is 0. The Kier molecular flexibility index (Phi) is 3.05. The van der Waals surface area contributed by atoms with E-state index in [-0.39, 0.29) is 0 Å². The van der Waals surface area contributed by atoms with Crippen LogP contribution in [0.25, 0.3) is 0 Å². The van der Waals surface area contributed by atoms with Crippen LogP contribution in [0.3, 0.4) is 0 Å². The quantitative estimate of drug-likeness (QED) is 0.598. The Hall–Kier alpha value is 0. The van der Waals surface area contributed by atoms with E-state index in [1.165, 1.54) is 12.8 Å². The Morgan fingerprint density at radius 1 is 1.07 bits per heavy atom. The van der Waals surface area contributed by atoms with Gasteiger partial charge in [-0.3, -0.25) is 0 Å². The maximum absolute atomic E-state index is 2.41. The maximum atomic E-state index is 2.41. The molecule has 1 saturated carbocycles. The van der Waals surface area contributed by atoms with Crippen molar-refractivity contribution < 1.29 is 0 Å². The lowest BCUT2D eigenvalue weighted by Crippen LogP contribution is -2.27. The molecule has 0 radical (unpaired) electrons. The van der Waals surface area contributed by atoms with Gasteiger partial charge in [0.05, 0.1) is 0 Å². The van der Waals surface area contributed by atoms with Gasteiger partial charge in [-0.1, -0.05) is 48.5 Å². The molecular formula is C14H28. The summed E-state index contributed by atoms with van der Waals surface area (Å²) >= 11 is 0. The molecular weight excluding hydrogens is 168 g/mol. The first kappa shape index (κ1) is 12.1. The van der Waals surface area contributed by atoms with Gasteiger partial charge in [-0.2, -0.15) is 0 Å². The SMILES string of the molecule is CC1CC1C(CC(C)(C)C)C(C)(C)C. The van der Waals surface area contributed by atoms with Gasteiger partial charge in [-0.25, -0.2) is 0 Å². The molecule has 0 amide bonds. The average molecular weight is 196 g/mol. The van der Waals surface area contributed by atoms with E-state index in [0.29, 0.717) is 10.8 Å². The van der Waals surface area contributed by atoms with Crippen molar-refractivity contribution >= 4 is 0 Å². The summed E-state index contributed by atoms with van der Waals surface area (Å²) in [4.78, 5) is 0. The molecule has 0 spiro atoms. The van der Waals surface area contributed by atoms with Gasteiger partial charge in [0.15, 0.2) is 0 Å². The topological polar surface area (TPSA) is 0 Å². The minimum Gasteiger partial charge on any atom is -0.0622 e. The third-order valence-corrected chi connectivity index (χ3v) is 3.63. The van der Waals surface area contributed by atoms with E-state index >= 15 is 0 Å². The van der Waals surface area contributed by atoms with E-state index < -0.39 is 0 Å². The molecule has 0 nitrogen and oxygen atoms in total. The van der Waals surface area contributed by atoms with Crippen LogP contribution in [0.2, 0.25) is 0 Å². The van der Waals surface area contributed by atoms with Gasteiger partial charge in [0, 0.05) is 0 Å². The molecule has 1 aliphatic rings. The molecule has 1 fully saturated rings. The average Bonchev–Trinajstić information content (AvgIpc) is 2.57. The highest BCUT2D eigenvalue weighted by Crippen LogP contribution is 2.53. The summed E-state index contributed by atoms with van der Waals surface area (Å²) in [7, 11) is 0. The second-order valence-corrected chi connectivity index (χ2v) is 7.61. The zero-order chi connectivity index (χ0) is 11.1. The fraction of sp³-hybridized carbons (Fsp3) is 1.00. The van der Waals surface area contributed by atoms with Crippen LogP contribution >= 0.6 is 0 Å². The summed E-state index contributed by atoms with van der Waals surface area (Å²) in [6.07, 6.45) is 2.85. The van der Waals surface area contributed by atoms with Crippen molar-refractivity contribution in [3.8, 4) is 0 Å². The summed E-state index contributed by atoms with van der Waals surface area (Å²) in [5.74, 6) is 2.91. The van der Waals surface area contributed by atoms with Gasteiger partial charge in [0.25, 0.3) is 0 Å². The molecule has 0 saturated heterocycles. The van der Waals surface area contributed by atoms with Crippen LogP contribution in [0.1, 0.15) is 61.3 Å². The summed E-state index contributed by atoms with van der Waals surface area (Å²) < 4.78 is 0. The summed E-state index contributed by atoms with van der Waals surface area (Å²) in [5.41, 5.74) is 0.975. The summed E-state index contributed by atoms with van der Waals surface area (Å²) in [6, 6.07) is 0. The molecule has 0 aromatic rings. The van der Waals surface area contributed by atoms with Gasteiger partial charge in [-0.15, -0.1) is 0 Å². The van der Waals surface area contributed by atoms with Gasteiger partial charge < -0.3 is 0 Å². The maximum Gasteiger partial charge on any atom is -0.0329 e. The van der Waals surface area contributed by atoms with Crippen LogP contribution in [-0.2, 0) is 0 Å². The fourth-order valence-corrected chi connectivity index (χ4v) is 2.67. The van der Waals surface area contributed by atoms with E-state index in [0.717, 1.165) is 17.8 Å². The molecule has 14 heavy (non-hydrogen) atoms. The summed E-state index contributed by atoms with van der Waals surface area (Å²) in [5, 5.41) is 0. The standard InChI is InChI=1S/C14H28/c1-10-8-11(10)12(14(5,6)7)9-13(2,3)4/h10-12H,8-9H2,1-7H3. The Bertz CT molecular complexity index is 189. The third kappa shape index (κ3) is 3.29. The highest BCUT2D eigenvalue weighted by molar-refractivity contribution is 4.94. The Morgan fingerprint density at radius 2 is 1.50 bits per heavy atom. The zero-order valence-corrected chi connectivity index (χ0v) is 11.1. The van der Waals surface area contributed by atoms with Gasteiger partial charge in [-0.05, 0) is 41.4 Å². The number of rotatable bonds is 2. The Morgan fingerprint density at radius 3 is 1.71 bits per heavy atom. The molecule has 0 heterocycles. The predicted octanol–water partition coefficient (Wildman–Crippen LogP) is 4.74. The zero-order valence-electron chi connectivity index (χ0n) is 11.1. The van der Waals surface area contributed by atoms with Crippen LogP contribution in [-0.4, -0.2) is 0 Å². The molecule has 3 unspecified atom stereocenters. The molecule has 1 rings (SSSR count). The summed E-state index contributed by atoms with van der Waals surface area (Å²) in [6.45, 7) is 16.8. The van der Waals surface area contributed by atoms with Gasteiger partial charge in [0.2, 0.25) is 0 Å².